The van der Waals surface area contributed by atoms with Gasteiger partial charge in [0.15, 0.2) is 0 Å². The van der Waals surface area contributed by atoms with Crippen molar-refractivity contribution in [2.75, 3.05) is 0 Å². The van der Waals surface area contributed by atoms with Crippen LogP contribution in [-0.2, 0) is 0 Å². The maximum absolute atomic E-state index is 13.5. The minimum absolute atomic E-state index is 0.169. The molecule has 0 saturated carbocycles. The van der Waals surface area contributed by atoms with Crippen LogP contribution in [0.15, 0.2) is 0 Å². The predicted molar refractivity (Wildman–Crippen MR) is 62.4 cm³/mol. The van der Waals surface area contributed by atoms with Gasteiger partial charge in [-0.25, -0.2) is 0 Å². The second kappa shape index (κ2) is 6.13. The third-order valence-corrected chi connectivity index (χ3v) is 4.17. The summed E-state index contributed by atoms with van der Waals surface area (Å²) in [6.45, 7) is 2.84. The summed E-state index contributed by atoms with van der Waals surface area (Å²) in [6, 6.07) is 0. The summed E-state index contributed by atoms with van der Waals surface area (Å²) >= 11 is 1.52. The summed E-state index contributed by atoms with van der Waals surface area (Å²) in [5.74, 6) is -13.1. The lowest BCUT2D eigenvalue weighted by Gasteiger charge is -2.36. The molecular formula is C10H14F7I. The second-order valence-corrected chi connectivity index (χ2v) is 5.61. The van der Waals surface area contributed by atoms with Crippen LogP contribution in [0.25, 0.3) is 0 Å². The number of hydrogen-bond donors (Lipinski definition) is 0. The van der Waals surface area contributed by atoms with Gasteiger partial charge in [0, 0.05) is 9.84 Å². The van der Waals surface area contributed by atoms with Gasteiger partial charge >= 0.3 is 18.0 Å². The summed E-state index contributed by atoms with van der Waals surface area (Å²) in [5, 5.41) is 0. The average Bonchev–Trinajstić information content (AvgIpc) is 2.16. The number of halogens is 8. The molecule has 110 valence electrons. The van der Waals surface area contributed by atoms with E-state index in [-0.39, 0.29) is 6.42 Å². The molecule has 0 amide bonds. The van der Waals surface area contributed by atoms with E-state index >= 15 is 0 Å². The smallest absolute Gasteiger partial charge is 0.199 e. The van der Waals surface area contributed by atoms with Gasteiger partial charge in [-0.15, -0.1) is 0 Å². The van der Waals surface area contributed by atoms with Crippen LogP contribution >= 0.6 is 22.6 Å². The zero-order chi connectivity index (χ0) is 14.8. The molecule has 0 rings (SSSR count). The molecule has 0 nitrogen and oxygen atoms in total. The molecule has 0 aromatic carbocycles. The molecule has 2 unspecified atom stereocenters. The van der Waals surface area contributed by atoms with E-state index in [1.54, 1.807) is 6.92 Å². The van der Waals surface area contributed by atoms with E-state index in [1.807, 2.05) is 0 Å². The monoisotopic (exact) mass is 394 g/mol. The zero-order valence-corrected chi connectivity index (χ0v) is 12.0. The van der Waals surface area contributed by atoms with Crippen molar-refractivity contribution >= 4 is 22.6 Å². The summed E-state index contributed by atoms with van der Waals surface area (Å²) in [7, 11) is 0. The molecule has 0 aliphatic carbocycles. The first-order valence-electron chi connectivity index (χ1n) is 5.39. The van der Waals surface area contributed by atoms with Crippen molar-refractivity contribution in [3.05, 3.63) is 0 Å². The van der Waals surface area contributed by atoms with Gasteiger partial charge in [0.2, 0.25) is 0 Å². The molecule has 0 spiro atoms. The van der Waals surface area contributed by atoms with Crippen LogP contribution in [0.3, 0.4) is 0 Å². The van der Waals surface area contributed by atoms with Gasteiger partial charge in [0.05, 0.1) is 0 Å². The van der Waals surface area contributed by atoms with Crippen molar-refractivity contribution in [2.45, 2.75) is 55.1 Å². The van der Waals surface area contributed by atoms with Crippen molar-refractivity contribution in [3.8, 4) is 0 Å². The van der Waals surface area contributed by atoms with Gasteiger partial charge in [0.1, 0.15) is 0 Å². The first kappa shape index (κ1) is 18.2. The van der Waals surface area contributed by atoms with Crippen molar-refractivity contribution < 1.29 is 30.7 Å². The SMILES string of the molecule is CCCC(I)C(CC)C(F)(F)C(F)(F)C(F)(F)F. The minimum Gasteiger partial charge on any atom is -0.199 e. The fourth-order valence-electron chi connectivity index (χ4n) is 1.64. The molecule has 0 bridgehead atoms. The fraction of sp³-hybridized carbons (Fsp3) is 1.00. The van der Waals surface area contributed by atoms with Crippen LogP contribution < -0.4 is 0 Å². The standard InChI is InChI=1S/C10H14F7I/c1-3-5-7(18)6(4-2)8(11,12)9(13,14)10(15,16)17/h6-7H,3-5H2,1-2H3. The van der Waals surface area contributed by atoms with Gasteiger partial charge in [0.25, 0.3) is 0 Å². The predicted octanol–water partition coefficient (Wildman–Crippen LogP) is 5.45. The third kappa shape index (κ3) is 3.41. The van der Waals surface area contributed by atoms with Gasteiger partial charge in [-0.3, -0.25) is 0 Å². The lowest BCUT2D eigenvalue weighted by molar-refractivity contribution is -0.365. The Morgan fingerprint density at radius 3 is 1.67 bits per heavy atom. The number of hydrogen-bond acceptors (Lipinski definition) is 0. The van der Waals surface area contributed by atoms with Gasteiger partial charge in [-0.2, -0.15) is 30.7 Å². The van der Waals surface area contributed by atoms with Gasteiger partial charge in [-0.1, -0.05) is 42.9 Å². The molecule has 8 heteroatoms. The largest absolute Gasteiger partial charge is 0.459 e. The van der Waals surface area contributed by atoms with Crippen LogP contribution in [0.4, 0.5) is 30.7 Å². The van der Waals surface area contributed by atoms with Crippen molar-refractivity contribution in [2.24, 2.45) is 5.92 Å². The Labute approximate surface area is 114 Å². The molecule has 0 N–H and O–H groups in total. The summed E-state index contributed by atoms with van der Waals surface area (Å²) < 4.78 is 87.9. The molecule has 0 saturated heterocycles. The molecule has 0 radical (unpaired) electrons. The summed E-state index contributed by atoms with van der Waals surface area (Å²) in [4.78, 5) is 0. The minimum atomic E-state index is -6.24. The molecule has 0 fully saturated rings. The van der Waals surface area contributed by atoms with Crippen molar-refractivity contribution in [1.82, 2.24) is 0 Å². The van der Waals surface area contributed by atoms with E-state index in [2.05, 4.69) is 0 Å². The summed E-state index contributed by atoms with van der Waals surface area (Å²) in [5.41, 5.74) is 0. The molecule has 0 aromatic heterocycles. The van der Waals surface area contributed by atoms with Gasteiger partial charge < -0.3 is 0 Å². The highest BCUT2D eigenvalue weighted by Gasteiger charge is 2.75. The molecular weight excluding hydrogens is 380 g/mol. The Bertz CT molecular complexity index is 261. The quantitative estimate of drug-likeness (QED) is 0.319. The second-order valence-electron chi connectivity index (χ2n) is 4.01. The number of alkyl halides is 8. The van der Waals surface area contributed by atoms with Crippen molar-refractivity contribution in [1.29, 1.82) is 0 Å². The van der Waals surface area contributed by atoms with E-state index in [0.29, 0.717) is 6.42 Å². The highest BCUT2D eigenvalue weighted by atomic mass is 127. The fourth-order valence-corrected chi connectivity index (χ4v) is 3.22. The molecule has 0 aliphatic heterocycles. The lowest BCUT2D eigenvalue weighted by Crippen LogP contribution is -2.57. The molecule has 2 atom stereocenters. The van der Waals surface area contributed by atoms with Crippen LogP contribution in [0.1, 0.15) is 33.1 Å². The van der Waals surface area contributed by atoms with E-state index < -0.39 is 34.3 Å². The van der Waals surface area contributed by atoms with E-state index in [0.717, 1.165) is 0 Å². The normalized spacial score (nSPS) is 17.7. The lowest BCUT2D eigenvalue weighted by atomic mass is 9.88. The van der Waals surface area contributed by atoms with Crippen LogP contribution in [0, 0.1) is 5.92 Å². The molecule has 0 heterocycles. The highest BCUT2D eigenvalue weighted by Crippen LogP contribution is 2.52. The molecule has 18 heavy (non-hydrogen) atoms. The Hall–Kier alpha value is 0.240. The van der Waals surface area contributed by atoms with E-state index in [4.69, 9.17) is 0 Å². The average molecular weight is 394 g/mol. The topological polar surface area (TPSA) is 0 Å². The maximum Gasteiger partial charge on any atom is 0.459 e. The number of rotatable bonds is 6. The van der Waals surface area contributed by atoms with Crippen LogP contribution in [-0.4, -0.2) is 21.9 Å². The van der Waals surface area contributed by atoms with Crippen LogP contribution in [0.2, 0.25) is 0 Å². The van der Waals surface area contributed by atoms with Crippen LogP contribution in [0.5, 0.6) is 0 Å². The molecule has 0 aliphatic rings. The van der Waals surface area contributed by atoms with E-state index in [9.17, 15) is 30.7 Å². The molecule has 0 aromatic rings. The Morgan fingerprint density at radius 1 is 0.944 bits per heavy atom. The Morgan fingerprint density at radius 2 is 1.39 bits per heavy atom. The third-order valence-electron chi connectivity index (χ3n) is 2.68. The van der Waals surface area contributed by atoms with E-state index in [1.165, 1.54) is 29.5 Å². The first-order chi connectivity index (χ1) is 7.93. The Kier molecular flexibility index (Phi) is 6.21. The highest BCUT2D eigenvalue weighted by molar-refractivity contribution is 14.1. The maximum atomic E-state index is 13.5. The zero-order valence-electron chi connectivity index (χ0n) is 9.80. The Balaban J connectivity index is 5.32. The summed E-state index contributed by atoms with van der Waals surface area (Å²) in [6.07, 6.45) is -6.07. The van der Waals surface area contributed by atoms with Crippen molar-refractivity contribution in [3.63, 3.8) is 0 Å². The first-order valence-corrected chi connectivity index (χ1v) is 6.64. The van der Waals surface area contributed by atoms with Gasteiger partial charge in [-0.05, 0) is 12.8 Å².